The Balaban J connectivity index is 2.51. The van der Waals surface area contributed by atoms with Crippen molar-refractivity contribution in [2.45, 2.75) is 19.8 Å². The van der Waals surface area contributed by atoms with Crippen LogP contribution in [0, 0.1) is 6.92 Å². The molecule has 1 aromatic rings. The fourth-order valence-electron chi connectivity index (χ4n) is 1.64. The van der Waals surface area contributed by atoms with Crippen LogP contribution in [0.4, 0.5) is 0 Å². The SMILES string of the molecule is COC(CN(C)Cc1ccccc1C)OC. The van der Waals surface area contributed by atoms with Crippen LogP contribution in [0.5, 0.6) is 0 Å². The minimum atomic E-state index is -0.158. The molecule has 0 saturated heterocycles. The van der Waals surface area contributed by atoms with Crippen molar-refractivity contribution in [2.24, 2.45) is 0 Å². The van der Waals surface area contributed by atoms with E-state index in [-0.39, 0.29) is 6.29 Å². The van der Waals surface area contributed by atoms with Crippen molar-refractivity contribution < 1.29 is 9.47 Å². The van der Waals surface area contributed by atoms with Gasteiger partial charge in [0.05, 0.1) is 0 Å². The number of nitrogens with zero attached hydrogens (tertiary/aromatic N) is 1. The highest BCUT2D eigenvalue weighted by Gasteiger charge is 2.10. The number of rotatable bonds is 6. The predicted molar refractivity (Wildman–Crippen MR) is 65.3 cm³/mol. The Morgan fingerprint density at radius 1 is 1.19 bits per heavy atom. The van der Waals surface area contributed by atoms with Crippen molar-refractivity contribution in [1.82, 2.24) is 4.90 Å². The average Bonchev–Trinajstić information content (AvgIpc) is 2.29. The molecule has 0 fully saturated rings. The smallest absolute Gasteiger partial charge is 0.169 e. The number of hydrogen-bond donors (Lipinski definition) is 0. The molecule has 0 aromatic heterocycles. The van der Waals surface area contributed by atoms with E-state index < -0.39 is 0 Å². The summed E-state index contributed by atoms with van der Waals surface area (Å²) in [4.78, 5) is 2.19. The summed E-state index contributed by atoms with van der Waals surface area (Å²) in [5.41, 5.74) is 2.66. The van der Waals surface area contributed by atoms with E-state index in [1.54, 1.807) is 14.2 Å². The third kappa shape index (κ3) is 3.93. The average molecular weight is 223 g/mol. The summed E-state index contributed by atoms with van der Waals surface area (Å²) in [6, 6.07) is 8.42. The molecule has 3 nitrogen and oxygen atoms in total. The molecule has 0 heterocycles. The highest BCUT2D eigenvalue weighted by molar-refractivity contribution is 5.25. The van der Waals surface area contributed by atoms with Gasteiger partial charge in [0.25, 0.3) is 0 Å². The summed E-state index contributed by atoms with van der Waals surface area (Å²) in [5.74, 6) is 0. The van der Waals surface area contributed by atoms with E-state index in [2.05, 4.69) is 43.1 Å². The molecule has 0 bridgehead atoms. The Morgan fingerprint density at radius 3 is 2.38 bits per heavy atom. The van der Waals surface area contributed by atoms with E-state index in [1.165, 1.54) is 11.1 Å². The molecular formula is C13H21NO2. The molecule has 0 atom stereocenters. The maximum atomic E-state index is 5.17. The molecule has 1 aromatic carbocycles. The molecule has 0 spiro atoms. The number of aryl methyl sites for hydroxylation is 1. The van der Waals surface area contributed by atoms with E-state index in [9.17, 15) is 0 Å². The molecule has 0 unspecified atom stereocenters. The zero-order valence-corrected chi connectivity index (χ0v) is 10.6. The highest BCUT2D eigenvalue weighted by Crippen LogP contribution is 2.10. The van der Waals surface area contributed by atoms with Crippen molar-refractivity contribution >= 4 is 0 Å². The molecule has 0 aliphatic heterocycles. The lowest BCUT2D eigenvalue weighted by molar-refractivity contribution is -0.114. The summed E-state index contributed by atoms with van der Waals surface area (Å²) >= 11 is 0. The number of hydrogen-bond acceptors (Lipinski definition) is 3. The van der Waals surface area contributed by atoms with Gasteiger partial charge >= 0.3 is 0 Å². The largest absolute Gasteiger partial charge is 0.355 e. The first kappa shape index (κ1) is 13.2. The van der Waals surface area contributed by atoms with Crippen molar-refractivity contribution in [3.63, 3.8) is 0 Å². The Hall–Kier alpha value is -0.900. The van der Waals surface area contributed by atoms with Gasteiger partial charge in [-0.1, -0.05) is 24.3 Å². The number of benzene rings is 1. The van der Waals surface area contributed by atoms with E-state index in [0.717, 1.165) is 13.1 Å². The van der Waals surface area contributed by atoms with Crippen LogP contribution >= 0.6 is 0 Å². The Bertz CT molecular complexity index is 311. The van der Waals surface area contributed by atoms with Gasteiger partial charge in [0.15, 0.2) is 6.29 Å². The Labute approximate surface area is 98.0 Å². The molecule has 0 N–H and O–H groups in total. The monoisotopic (exact) mass is 223 g/mol. The van der Waals surface area contributed by atoms with E-state index >= 15 is 0 Å². The molecule has 16 heavy (non-hydrogen) atoms. The minimum absolute atomic E-state index is 0.158. The summed E-state index contributed by atoms with van der Waals surface area (Å²) in [6.07, 6.45) is -0.158. The van der Waals surface area contributed by atoms with Crippen LogP contribution in [0.2, 0.25) is 0 Å². The van der Waals surface area contributed by atoms with Crippen LogP contribution < -0.4 is 0 Å². The zero-order valence-electron chi connectivity index (χ0n) is 10.6. The molecular weight excluding hydrogens is 202 g/mol. The maximum Gasteiger partial charge on any atom is 0.169 e. The standard InChI is InChI=1S/C13H21NO2/c1-11-7-5-6-8-12(11)9-14(2)10-13(15-3)16-4/h5-8,13H,9-10H2,1-4H3. The van der Waals surface area contributed by atoms with Gasteiger partial charge in [-0.05, 0) is 25.1 Å². The Morgan fingerprint density at radius 2 is 1.81 bits per heavy atom. The topological polar surface area (TPSA) is 21.7 Å². The predicted octanol–water partition coefficient (Wildman–Crippen LogP) is 2.05. The van der Waals surface area contributed by atoms with E-state index in [1.807, 2.05) is 0 Å². The summed E-state index contributed by atoms with van der Waals surface area (Å²) < 4.78 is 10.3. The summed E-state index contributed by atoms with van der Waals surface area (Å²) in [6.45, 7) is 3.81. The third-order valence-corrected chi connectivity index (χ3v) is 2.69. The number of methoxy groups -OCH3 is 2. The van der Waals surface area contributed by atoms with Crippen LogP contribution in [-0.4, -0.2) is 39.0 Å². The van der Waals surface area contributed by atoms with E-state index in [4.69, 9.17) is 9.47 Å². The second-order valence-electron chi connectivity index (χ2n) is 4.02. The van der Waals surface area contributed by atoms with Crippen molar-refractivity contribution in [1.29, 1.82) is 0 Å². The van der Waals surface area contributed by atoms with Gasteiger partial charge < -0.3 is 9.47 Å². The zero-order chi connectivity index (χ0) is 12.0. The minimum Gasteiger partial charge on any atom is -0.355 e. The lowest BCUT2D eigenvalue weighted by Crippen LogP contribution is -2.31. The van der Waals surface area contributed by atoms with Gasteiger partial charge in [0.1, 0.15) is 0 Å². The van der Waals surface area contributed by atoms with Gasteiger partial charge in [-0.15, -0.1) is 0 Å². The Kier molecular flexibility index (Phi) is 5.46. The van der Waals surface area contributed by atoms with Gasteiger partial charge in [0.2, 0.25) is 0 Å². The third-order valence-electron chi connectivity index (χ3n) is 2.69. The second-order valence-corrected chi connectivity index (χ2v) is 4.02. The first-order chi connectivity index (χ1) is 7.67. The van der Waals surface area contributed by atoms with Crippen molar-refractivity contribution in [3.8, 4) is 0 Å². The van der Waals surface area contributed by atoms with Gasteiger partial charge in [-0.3, -0.25) is 4.90 Å². The van der Waals surface area contributed by atoms with Gasteiger partial charge in [-0.25, -0.2) is 0 Å². The molecule has 3 heteroatoms. The van der Waals surface area contributed by atoms with Gasteiger partial charge in [0, 0.05) is 27.3 Å². The normalized spacial score (nSPS) is 11.4. The maximum absolute atomic E-state index is 5.17. The highest BCUT2D eigenvalue weighted by atomic mass is 16.7. The molecule has 0 aliphatic rings. The molecule has 0 amide bonds. The molecule has 0 saturated carbocycles. The second kappa shape index (κ2) is 6.63. The van der Waals surface area contributed by atoms with Crippen LogP contribution in [0.1, 0.15) is 11.1 Å². The first-order valence-corrected chi connectivity index (χ1v) is 5.46. The lowest BCUT2D eigenvalue weighted by atomic mass is 10.1. The summed E-state index contributed by atoms with van der Waals surface area (Å²) in [7, 11) is 5.39. The fourth-order valence-corrected chi connectivity index (χ4v) is 1.64. The first-order valence-electron chi connectivity index (χ1n) is 5.46. The van der Waals surface area contributed by atoms with Crippen LogP contribution in [0.25, 0.3) is 0 Å². The van der Waals surface area contributed by atoms with Crippen LogP contribution in [0.15, 0.2) is 24.3 Å². The van der Waals surface area contributed by atoms with E-state index in [0.29, 0.717) is 0 Å². The molecule has 0 radical (unpaired) electrons. The number of ether oxygens (including phenoxy) is 2. The molecule has 90 valence electrons. The quantitative estimate of drug-likeness (QED) is 0.689. The van der Waals surface area contributed by atoms with Crippen LogP contribution in [0.3, 0.4) is 0 Å². The van der Waals surface area contributed by atoms with Crippen LogP contribution in [-0.2, 0) is 16.0 Å². The van der Waals surface area contributed by atoms with Gasteiger partial charge in [-0.2, -0.15) is 0 Å². The lowest BCUT2D eigenvalue weighted by Gasteiger charge is -2.22. The fraction of sp³-hybridized carbons (Fsp3) is 0.538. The molecule has 0 aliphatic carbocycles. The van der Waals surface area contributed by atoms with Crippen molar-refractivity contribution in [3.05, 3.63) is 35.4 Å². The van der Waals surface area contributed by atoms with Crippen molar-refractivity contribution in [2.75, 3.05) is 27.8 Å². The summed E-state index contributed by atoms with van der Waals surface area (Å²) in [5, 5.41) is 0. The number of likely N-dealkylation sites (N-methyl/N-ethyl adjacent to an activating group) is 1. The molecule has 1 rings (SSSR count).